The number of nitrogens with zero attached hydrogens (tertiary/aromatic N) is 6. The molecule has 0 amide bonds. The molecule has 6 heteroatoms. The Bertz CT molecular complexity index is 3330. The van der Waals surface area contributed by atoms with Crippen LogP contribution in [0.5, 0.6) is 0 Å². The second kappa shape index (κ2) is 17.8. The Morgan fingerprint density at radius 3 is 1.36 bits per heavy atom. The summed E-state index contributed by atoms with van der Waals surface area (Å²) >= 11 is 0. The molecule has 69 heavy (non-hydrogen) atoms. The van der Waals surface area contributed by atoms with Gasteiger partial charge >= 0.3 is 0 Å². The average molecular weight is 889 g/mol. The molecule has 1 aliphatic carbocycles. The van der Waals surface area contributed by atoms with Gasteiger partial charge in [0.15, 0.2) is 0 Å². The van der Waals surface area contributed by atoms with Crippen LogP contribution >= 0.6 is 0 Å². The van der Waals surface area contributed by atoms with E-state index in [9.17, 15) is 21.0 Å². The summed E-state index contributed by atoms with van der Waals surface area (Å²) in [6.07, 6.45) is 6.13. The first-order chi connectivity index (χ1) is 34.0. The lowest BCUT2D eigenvalue weighted by Crippen LogP contribution is -2.55. The lowest BCUT2D eigenvalue weighted by Gasteiger charge is -2.51. The first-order valence-corrected chi connectivity index (χ1v) is 24.1. The second-order valence-corrected chi connectivity index (χ2v) is 18.6. The molecule has 0 aromatic heterocycles. The Hall–Kier alpha value is -8.68. The fourth-order valence-electron chi connectivity index (χ4n) is 12.4. The van der Waals surface area contributed by atoms with Crippen molar-refractivity contribution < 1.29 is 0 Å². The molecular formula is C63H48N6. The van der Waals surface area contributed by atoms with Crippen molar-refractivity contribution in [2.45, 2.75) is 68.9 Å². The molecule has 8 aromatic rings. The predicted molar refractivity (Wildman–Crippen MR) is 276 cm³/mol. The van der Waals surface area contributed by atoms with E-state index in [1.807, 2.05) is 97.1 Å². The van der Waals surface area contributed by atoms with E-state index in [0.717, 1.165) is 94.4 Å². The number of hydrogen-bond acceptors (Lipinski definition) is 6. The van der Waals surface area contributed by atoms with Crippen LogP contribution in [-0.2, 0) is 5.41 Å². The minimum absolute atomic E-state index is 0.0911. The van der Waals surface area contributed by atoms with Crippen LogP contribution in [0, 0.1) is 45.3 Å². The molecular weight excluding hydrogens is 841 g/mol. The number of para-hydroxylation sites is 2. The summed E-state index contributed by atoms with van der Waals surface area (Å²) in [5.41, 5.74) is 16.5. The Balaban J connectivity index is 1.13. The van der Waals surface area contributed by atoms with Crippen LogP contribution in [0.1, 0.15) is 84.7 Å². The lowest BCUT2D eigenvalue weighted by molar-refractivity contribution is 0.191. The second-order valence-electron chi connectivity index (χ2n) is 18.6. The molecule has 6 nitrogen and oxygen atoms in total. The minimum Gasteiger partial charge on any atom is -0.337 e. The van der Waals surface area contributed by atoms with Crippen molar-refractivity contribution in [3.63, 3.8) is 0 Å². The Morgan fingerprint density at radius 2 is 0.884 bits per heavy atom. The van der Waals surface area contributed by atoms with E-state index in [1.54, 1.807) is 0 Å². The lowest BCUT2D eigenvalue weighted by atomic mass is 9.56. The van der Waals surface area contributed by atoms with E-state index in [2.05, 4.69) is 126 Å². The minimum atomic E-state index is -0.300. The molecule has 2 aliphatic heterocycles. The third kappa shape index (κ3) is 7.05. The monoisotopic (exact) mass is 888 g/mol. The topological polar surface area (TPSA) is 102 Å². The molecule has 0 radical (unpaired) electrons. The third-order valence-corrected chi connectivity index (χ3v) is 15.1. The number of rotatable bonds is 10. The zero-order chi connectivity index (χ0) is 47.1. The van der Waals surface area contributed by atoms with Crippen molar-refractivity contribution in [3.8, 4) is 68.8 Å². The summed E-state index contributed by atoms with van der Waals surface area (Å²) in [7, 11) is 0. The maximum absolute atomic E-state index is 10.4. The molecule has 0 spiro atoms. The smallest absolute Gasteiger partial charge is 0.0998 e. The zero-order valence-electron chi connectivity index (χ0n) is 38.5. The van der Waals surface area contributed by atoms with Crippen molar-refractivity contribution in [2.24, 2.45) is 0 Å². The van der Waals surface area contributed by atoms with Crippen molar-refractivity contribution >= 4 is 22.7 Å². The van der Waals surface area contributed by atoms with Crippen LogP contribution in [0.25, 0.3) is 44.5 Å². The molecule has 0 bridgehead atoms. The molecule has 11 rings (SSSR count). The van der Waals surface area contributed by atoms with Crippen molar-refractivity contribution in [3.05, 3.63) is 215 Å². The first kappa shape index (κ1) is 42.9. The highest BCUT2D eigenvalue weighted by atomic mass is 15.3. The zero-order valence-corrected chi connectivity index (χ0v) is 38.5. The number of hydrogen-bond donors (Lipinski definition) is 0. The van der Waals surface area contributed by atoms with Crippen LogP contribution in [0.15, 0.2) is 182 Å². The highest BCUT2D eigenvalue weighted by Gasteiger charge is 2.63. The highest BCUT2D eigenvalue weighted by Crippen LogP contribution is 2.67. The molecule has 0 N–H and O–H groups in total. The summed E-state index contributed by atoms with van der Waals surface area (Å²) in [4.78, 5) is 5.21. The Kier molecular flexibility index (Phi) is 11.1. The summed E-state index contributed by atoms with van der Waals surface area (Å²) in [6.45, 7) is 2.28. The van der Waals surface area contributed by atoms with E-state index >= 15 is 0 Å². The Labute approximate surface area is 404 Å². The highest BCUT2D eigenvalue weighted by molar-refractivity contribution is 5.89. The fourth-order valence-corrected chi connectivity index (χ4v) is 12.4. The maximum atomic E-state index is 10.4. The fraction of sp³-hybridized carbons (Fsp3) is 0.175. The van der Waals surface area contributed by atoms with Crippen LogP contribution in [0.3, 0.4) is 0 Å². The van der Waals surface area contributed by atoms with Gasteiger partial charge in [0.2, 0.25) is 0 Å². The number of fused-ring (bicyclic) bond motifs is 7. The predicted octanol–water partition coefficient (Wildman–Crippen LogP) is 15.3. The van der Waals surface area contributed by atoms with E-state index in [1.165, 1.54) is 22.5 Å². The van der Waals surface area contributed by atoms with E-state index in [-0.39, 0.29) is 23.4 Å². The quantitative estimate of drug-likeness (QED) is 0.127. The van der Waals surface area contributed by atoms with Gasteiger partial charge in [-0.15, -0.1) is 0 Å². The number of benzene rings is 8. The van der Waals surface area contributed by atoms with Crippen molar-refractivity contribution in [2.75, 3.05) is 9.80 Å². The van der Waals surface area contributed by atoms with E-state index < -0.39 is 0 Å². The van der Waals surface area contributed by atoms with Gasteiger partial charge in [0.1, 0.15) is 0 Å². The van der Waals surface area contributed by atoms with Gasteiger partial charge in [-0.2, -0.15) is 21.0 Å². The summed E-state index contributed by atoms with van der Waals surface area (Å²) in [5.74, 6) is 0.113. The summed E-state index contributed by atoms with van der Waals surface area (Å²) in [6, 6.07) is 72.6. The molecule has 4 unspecified atom stereocenters. The van der Waals surface area contributed by atoms with Gasteiger partial charge in [0.05, 0.1) is 46.5 Å². The summed E-state index contributed by atoms with van der Waals surface area (Å²) in [5, 5.41) is 41.5. The van der Waals surface area contributed by atoms with Gasteiger partial charge in [0, 0.05) is 46.2 Å². The number of unbranched alkanes of at least 4 members (excludes halogenated alkanes) is 2. The van der Waals surface area contributed by atoms with Crippen molar-refractivity contribution in [1.29, 1.82) is 21.0 Å². The largest absolute Gasteiger partial charge is 0.337 e. The van der Waals surface area contributed by atoms with Gasteiger partial charge in [0.25, 0.3) is 0 Å². The molecule has 330 valence electrons. The van der Waals surface area contributed by atoms with Crippen molar-refractivity contribution in [1.82, 2.24) is 0 Å². The van der Waals surface area contributed by atoms with Gasteiger partial charge in [-0.1, -0.05) is 135 Å². The maximum Gasteiger partial charge on any atom is 0.0998 e. The van der Waals surface area contributed by atoms with Crippen LogP contribution < -0.4 is 9.80 Å². The standard InChI is InChI=1S/C63H48N6/c1-2-3-16-31-63-57-26-13-15-28-59(57)69(51-36-48(54-23-10-6-19-44(54)40-66)33-49(37-51)55-24-11-7-20-45(55)41-67)61(63)30-29-60-62(63)56-25-12-14-27-58(56)68(60)50-34-46(52-21-8-4-17-42(52)38-64)32-47(35-50)53-22-9-5-18-43(53)39-65/h4-15,17-28,32-37,60-62H,2-3,16,29-31H2,1H3. The summed E-state index contributed by atoms with van der Waals surface area (Å²) < 4.78 is 0. The molecule has 2 heterocycles. The molecule has 3 aliphatic rings. The molecule has 8 aromatic carbocycles. The molecule has 0 saturated heterocycles. The van der Waals surface area contributed by atoms with Crippen LogP contribution in [0.2, 0.25) is 0 Å². The number of anilines is 4. The van der Waals surface area contributed by atoms with Crippen LogP contribution in [0.4, 0.5) is 22.7 Å². The third-order valence-electron chi connectivity index (χ3n) is 15.1. The van der Waals surface area contributed by atoms with Crippen LogP contribution in [-0.4, -0.2) is 12.1 Å². The molecule has 4 atom stereocenters. The van der Waals surface area contributed by atoms with Gasteiger partial charge in [-0.25, -0.2) is 0 Å². The van der Waals surface area contributed by atoms with E-state index in [4.69, 9.17) is 0 Å². The Morgan fingerprint density at radius 1 is 0.464 bits per heavy atom. The molecule has 1 fully saturated rings. The van der Waals surface area contributed by atoms with Gasteiger partial charge in [-0.05, 0) is 148 Å². The first-order valence-electron chi connectivity index (χ1n) is 24.1. The normalized spacial score (nSPS) is 18.4. The van der Waals surface area contributed by atoms with E-state index in [0.29, 0.717) is 22.3 Å². The number of nitriles is 4. The molecule has 1 saturated carbocycles. The van der Waals surface area contributed by atoms with Gasteiger partial charge < -0.3 is 9.80 Å². The van der Waals surface area contributed by atoms with Gasteiger partial charge in [-0.3, -0.25) is 0 Å². The SMILES string of the molecule is CCCCCC12c3ccccc3N(c3cc(-c4ccccc4C#N)cc(-c4ccccc4C#N)c3)C1CCC1C2c2ccccc2N1c1cc(-c2ccccc2C#N)cc(-c2ccccc2C#N)c1. The average Bonchev–Trinajstić information content (AvgIpc) is 3.91.